The molecule has 0 amide bonds. The van der Waals surface area contributed by atoms with Crippen molar-refractivity contribution in [3.63, 3.8) is 0 Å². The monoisotopic (exact) mass is 146 g/mol. The molecule has 0 aliphatic rings. The molecule has 0 fully saturated rings. The molecule has 2 nitrogen and oxygen atoms in total. The molecule has 0 rings (SSSR count). The molecule has 0 spiro atoms. The molecule has 0 unspecified atom stereocenters. The van der Waals surface area contributed by atoms with Gasteiger partial charge in [-0.3, -0.25) is 0 Å². The average Bonchev–Trinajstić information content (AvgIpc) is 1.63. The fraction of sp³-hybridized carbons (Fsp3) is 0.167. The predicted octanol–water partition coefficient (Wildman–Crippen LogP) is 2.45. The summed E-state index contributed by atoms with van der Waals surface area (Å²) in [5.41, 5.74) is -0.0413. The number of hydrogen-bond acceptors (Lipinski definition) is 2. The summed E-state index contributed by atoms with van der Waals surface area (Å²) in [5.74, 6) is 0. The van der Waals surface area contributed by atoms with E-state index in [0.717, 1.165) is 5.57 Å². The summed E-state index contributed by atoms with van der Waals surface area (Å²) in [6.45, 7) is 5.31. The SMILES string of the molecule is C=C(C)C=COC(=O)Cl. The highest BCUT2D eigenvalue weighted by Gasteiger charge is 1.86. The second-order valence-corrected chi connectivity index (χ2v) is 1.81. The Balaban J connectivity index is 3.48. The average molecular weight is 147 g/mol. The number of halogens is 1. The van der Waals surface area contributed by atoms with Crippen LogP contribution in [0.25, 0.3) is 0 Å². The van der Waals surface area contributed by atoms with Crippen molar-refractivity contribution >= 4 is 17.0 Å². The number of carbonyl (C=O) groups is 1. The summed E-state index contributed by atoms with van der Waals surface area (Å²) in [6, 6.07) is 0. The van der Waals surface area contributed by atoms with Crippen molar-refractivity contribution in [2.24, 2.45) is 0 Å². The molecule has 0 aliphatic heterocycles. The molecule has 0 aliphatic carbocycles. The predicted molar refractivity (Wildman–Crippen MR) is 36.3 cm³/mol. The molecule has 0 saturated heterocycles. The Hall–Kier alpha value is -0.760. The van der Waals surface area contributed by atoms with Crippen LogP contribution in [0.2, 0.25) is 0 Å². The fourth-order valence-corrected chi connectivity index (χ4v) is 0.255. The standard InChI is InChI=1S/C6H7ClO2/c1-5(2)3-4-9-6(7)8/h3-4H,1H2,2H3. The summed E-state index contributed by atoms with van der Waals surface area (Å²) in [6.07, 6.45) is 2.73. The number of hydrogen-bond donors (Lipinski definition) is 0. The van der Waals surface area contributed by atoms with E-state index in [1.807, 2.05) is 0 Å². The van der Waals surface area contributed by atoms with Gasteiger partial charge in [-0.25, -0.2) is 4.79 Å². The van der Waals surface area contributed by atoms with E-state index in [2.05, 4.69) is 11.3 Å². The molecule has 0 N–H and O–H groups in total. The van der Waals surface area contributed by atoms with E-state index in [-0.39, 0.29) is 0 Å². The third-order valence-corrected chi connectivity index (χ3v) is 0.602. The minimum Gasteiger partial charge on any atom is -0.422 e. The lowest BCUT2D eigenvalue weighted by atomic mass is 10.4. The van der Waals surface area contributed by atoms with Gasteiger partial charge < -0.3 is 4.74 Å². The second-order valence-electron chi connectivity index (χ2n) is 1.50. The van der Waals surface area contributed by atoms with Crippen molar-refractivity contribution in [1.29, 1.82) is 0 Å². The number of allylic oxidation sites excluding steroid dienone is 2. The zero-order valence-electron chi connectivity index (χ0n) is 5.06. The topological polar surface area (TPSA) is 26.3 Å². The van der Waals surface area contributed by atoms with E-state index in [4.69, 9.17) is 11.6 Å². The highest BCUT2D eigenvalue weighted by Crippen LogP contribution is 1.92. The highest BCUT2D eigenvalue weighted by molar-refractivity contribution is 6.61. The van der Waals surface area contributed by atoms with Gasteiger partial charge in [-0.2, -0.15) is 0 Å². The van der Waals surface area contributed by atoms with Crippen LogP contribution in [0.4, 0.5) is 4.79 Å². The molecule has 0 radical (unpaired) electrons. The van der Waals surface area contributed by atoms with E-state index in [1.165, 1.54) is 6.26 Å². The van der Waals surface area contributed by atoms with Gasteiger partial charge in [0.2, 0.25) is 0 Å². The quantitative estimate of drug-likeness (QED) is 0.340. The van der Waals surface area contributed by atoms with Gasteiger partial charge in [0.15, 0.2) is 0 Å². The largest absolute Gasteiger partial charge is 0.422 e. The van der Waals surface area contributed by atoms with Gasteiger partial charge in [0.25, 0.3) is 0 Å². The summed E-state index contributed by atoms with van der Waals surface area (Å²) >= 11 is 4.82. The Labute approximate surface area is 58.8 Å². The summed E-state index contributed by atoms with van der Waals surface area (Å²) in [4.78, 5) is 9.89. The van der Waals surface area contributed by atoms with Crippen molar-refractivity contribution in [3.05, 3.63) is 24.5 Å². The Morgan fingerprint density at radius 3 is 2.67 bits per heavy atom. The van der Waals surface area contributed by atoms with Crippen LogP contribution in [-0.2, 0) is 4.74 Å². The van der Waals surface area contributed by atoms with E-state index in [0.29, 0.717) is 0 Å². The summed E-state index contributed by atoms with van der Waals surface area (Å²) < 4.78 is 4.24. The number of rotatable bonds is 2. The fourth-order valence-electron chi connectivity index (χ4n) is 0.204. The molecule has 0 bridgehead atoms. The van der Waals surface area contributed by atoms with Crippen LogP contribution in [0.15, 0.2) is 24.5 Å². The van der Waals surface area contributed by atoms with Gasteiger partial charge in [-0.05, 0) is 13.0 Å². The molecule has 0 heterocycles. The molecule has 0 aromatic carbocycles. The smallest absolute Gasteiger partial charge is 0.408 e. The van der Waals surface area contributed by atoms with E-state index < -0.39 is 5.43 Å². The molecular weight excluding hydrogens is 140 g/mol. The van der Waals surface area contributed by atoms with Gasteiger partial charge in [-0.15, -0.1) is 0 Å². The van der Waals surface area contributed by atoms with Crippen LogP contribution in [0, 0.1) is 0 Å². The van der Waals surface area contributed by atoms with Gasteiger partial charge in [0.1, 0.15) is 0 Å². The highest BCUT2D eigenvalue weighted by atomic mass is 35.5. The third kappa shape index (κ3) is 7.24. The maximum Gasteiger partial charge on any atom is 0.408 e. The van der Waals surface area contributed by atoms with Crippen molar-refractivity contribution in [2.75, 3.05) is 0 Å². The Bertz CT molecular complexity index is 149. The molecule has 3 heteroatoms. The molecule has 0 aromatic rings. The lowest BCUT2D eigenvalue weighted by Gasteiger charge is -1.86. The van der Waals surface area contributed by atoms with Crippen LogP contribution in [-0.4, -0.2) is 5.43 Å². The third-order valence-electron chi connectivity index (χ3n) is 0.513. The zero-order chi connectivity index (χ0) is 7.28. The Morgan fingerprint density at radius 1 is 1.78 bits per heavy atom. The van der Waals surface area contributed by atoms with Crippen LogP contribution in [0.3, 0.4) is 0 Å². The molecule has 9 heavy (non-hydrogen) atoms. The van der Waals surface area contributed by atoms with Crippen LogP contribution in [0.5, 0.6) is 0 Å². The Kier molecular flexibility index (Phi) is 3.80. The maximum atomic E-state index is 9.89. The number of carbonyl (C=O) groups excluding carboxylic acids is 1. The first-order valence-corrected chi connectivity index (χ1v) is 2.69. The lowest BCUT2D eigenvalue weighted by molar-refractivity contribution is 0.212. The van der Waals surface area contributed by atoms with Crippen LogP contribution >= 0.6 is 11.6 Å². The molecule has 50 valence electrons. The minimum absolute atomic E-state index is 0.799. The number of ether oxygens (including phenoxy) is 1. The molecular formula is C6H7ClO2. The normalized spacial score (nSPS) is 9.56. The van der Waals surface area contributed by atoms with E-state index in [9.17, 15) is 4.79 Å². The van der Waals surface area contributed by atoms with Gasteiger partial charge in [0.05, 0.1) is 6.26 Å². The summed E-state index contributed by atoms with van der Waals surface area (Å²) in [5, 5.41) is 0. The van der Waals surface area contributed by atoms with Crippen LogP contribution < -0.4 is 0 Å². The van der Waals surface area contributed by atoms with Gasteiger partial charge >= 0.3 is 5.43 Å². The van der Waals surface area contributed by atoms with Gasteiger partial charge in [0, 0.05) is 11.6 Å². The van der Waals surface area contributed by atoms with Crippen molar-refractivity contribution in [2.45, 2.75) is 6.92 Å². The van der Waals surface area contributed by atoms with E-state index >= 15 is 0 Å². The van der Waals surface area contributed by atoms with Gasteiger partial charge in [-0.1, -0.05) is 12.2 Å². The van der Waals surface area contributed by atoms with Crippen molar-refractivity contribution in [3.8, 4) is 0 Å². The molecule has 0 saturated carbocycles. The van der Waals surface area contributed by atoms with E-state index in [1.54, 1.807) is 13.0 Å². The second kappa shape index (κ2) is 4.15. The van der Waals surface area contributed by atoms with Crippen molar-refractivity contribution in [1.82, 2.24) is 0 Å². The molecule has 0 aromatic heterocycles. The first kappa shape index (κ1) is 8.24. The first-order chi connectivity index (χ1) is 4.13. The minimum atomic E-state index is -0.840. The van der Waals surface area contributed by atoms with Crippen LogP contribution in [0.1, 0.15) is 6.92 Å². The first-order valence-electron chi connectivity index (χ1n) is 2.31. The zero-order valence-corrected chi connectivity index (χ0v) is 5.81. The summed E-state index contributed by atoms with van der Waals surface area (Å²) in [7, 11) is 0. The maximum absolute atomic E-state index is 9.89. The Morgan fingerprint density at radius 2 is 2.33 bits per heavy atom. The molecule has 0 atom stereocenters. The lowest BCUT2D eigenvalue weighted by Crippen LogP contribution is -1.81. The van der Waals surface area contributed by atoms with Crippen molar-refractivity contribution < 1.29 is 9.53 Å².